The summed E-state index contributed by atoms with van der Waals surface area (Å²) in [6.07, 6.45) is 4.67. The molecule has 0 saturated carbocycles. The van der Waals surface area contributed by atoms with E-state index in [1.807, 2.05) is 6.07 Å². The van der Waals surface area contributed by atoms with Gasteiger partial charge in [0.2, 0.25) is 0 Å². The first kappa shape index (κ1) is 20.3. The summed E-state index contributed by atoms with van der Waals surface area (Å²) in [6, 6.07) is 11.9. The molecule has 0 unspecified atom stereocenters. The lowest BCUT2D eigenvalue weighted by Crippen LogP contribution is -2.43. The Morgan fingerprint density at radius 1 is 1.17 bits per heavy atom. The Hall–Kier alpha value is -3.43. The molecule has 0 fully saturated rings. The lowest BCUT2D eigenvalue weighted by Gasteiger charge is -2.45. The van der Waals surface area contributed by atoms with Crippen LogP contribution >= 0.6 is 0 Å². The second-order valence-electron chi connectivity index (χ2n) is 7.53. The zero-order chi connectivity index (χ0) is 21.2. The molecule has 148 valence electrons. The lowest BCUT2D eigenvalue weighted by molar-refractivity contribution is 0.264. The molecule has 0 saturated heterocycles. The smallest absolute Gasteiger partial charge is 0.191 e. The third-order valence-electron chi connectivity index (χ3n) is 6.32. The van der Waals surface area contributed by atoms with E-state index in [0.29, 0.717) is 23.0 Å². The molecule has 1 aromatic rings. The maximum atomic E-state index is 10.2. The fourth-order valence-electron chi connectivity index (χ4n) is 4.73. The minimum Gasteiger partial charge on any atom is -0.497 e. The van der Waals surface area contributed by atoms with Crippen molar-refractivity contribution in [1.82, 2.24) is 0 Å². The molecule has 0 bridgehead atoms. The van der Waals surface area contributed by atoms with Crippen LogP contribution in [0.15, 0.2) is 41.1 Å². The molecule has 0 heterocycles. The van der Waals surface area contributed by atoms with Crippen molar-refractivity contribution in [2.75, 3.05) is 14.2 Å². The van der Waals surface area contributed by atoms with Crippen LogP contribution in [0.25, 0.3) is 0 Å². The largest absolute Gasteiger partial charge is 0.497 e. The molecule has 2 aliphatic carbocycles. The molecule has 29 heavy (non-hydrogen) atoms. The minimum absolute atomic E-state index is 0.0253. The predicted octanol–water partition coefficient (Wildman–Crippen LogP) is 3.93. The van der Waals surface area contributed by atoms with Gasteiger partial charge in [-0.3, -0.25) is 0 Å². The first-order chi connectivity index (χ1) is 14.0. The van der Waals surface area contributed by atoms with Crippen molar-refractivity contribution in [1.29, 1.82) is 15.8 Å². The highest BCUT2D eigenvalue weighted by Crippen LogP contribution is 2.58. The number of fused-ring (bicyclic) bond motifs is 1. The average molecular weight is 388 g/mol. The summed E-state index contributed by atoms with van der Waals surface area (Å²) in [5.41, 5.74) is 6.52. The zero-order valence-corrected chi connectivity index (χ0v) is 16.9. The van der Waals surface area contributed by atoms with Crippen LogP contribution in [0.4, 0.5) is 0 Å². The Bertz CT molecular complexity index is 989. The summed E-state index contributed by atoms with van der Waals surface area (Å²) < 4.78 is 11.0. The van der Waals surface area contributed by atoms with Crippen molar-refractivity contribution >= 4 is 0 Å². The highest BCUT2D eigenvalue weighted by atomic mass is 16.5. The van der Waals surface area contributed by atoms with Gasteiger partial charge in [0.1, 0.15) is 17.6 Å². The van der Waals surface area contributed by atoms with Crippen molar-refractivity contribution in [2.45, 2.75) is 32.1 Å². The van der Waals surface area contributed by atoms with E-state index in [-0.39, 0.29) is 17.2 Å². The van der Waals surface area contributed by atoms with E-state index in [0.717, 1.165) is 24.8 Å². The average Bonchev–Trinajstić information content (AvgIpc) is 2.77. The Morgan fingerprint density at radius 3 is 2.45 bits per heavy atom. The first-order valence-electron chi connectivity index (χ1n) is 9.66. The van der Waals surface area contributed by atoms with Crippen LogP contribution in [0.1, 0.15) is 37.7 Å². The van der Waals surface area contributed by atoms with E-state index in [1.54, 1.807) is 26.4 Å². The maximum absolute atomic E-state index is 10.2. The SMILES string of the molecule is CC[C@@H]1CC=C2C(C#N)=C(N)C(C#N)(C#N)[C@@H](c3cc(OC)ccc3OC)[C@@H]2C1. The van der Waals surface area contributed by atoms with Crippen LogP contribution in [0.2, 0.25) is 0 Å². The molecule has 3 atom stereocenters. The van der Waals surface area contributed by atoms with Crippen molar-refractivity contribution < 1.29 is 9.47 Å². The number of nitrogens with zero attached hydrogens (tertiary/aromatic N) is 3. The molecule has 0 aliphatic heterocycles. The van der Waals surface area contributed by atoms with Crippen LogP contribution in [0, 0.1) is 51.2 Å². The summed E-state index contributed by atoms with van der Waals surface area (Å²) in [5.74, 6) is 0.831. The van der Waals surface area contributed by atoms with E-state index in [2.05, 4.69) is 31.2 Å². The fourth-order valence-corrected chi connectivity index (χ4v) is 4.73. The van der Waals surface area contributed by atoms with Crippen LogP contribution in [-0.2, 0) is 0 Å². The minimum atomic E-state index is -1.66. The van der Waals surface area contributed by atoms with Crippen molar-refractivity contribution in [3.8, 4) is 29.7 Å². The summed E-state index contributed by atoms with van der Waals surface area (Å²) in [6.45, 7) is 2.13. The Balaban J connectivity index is 2.37. The van der Waals surface area contributed by atoms with Crippen molar-refractivity contribution in [3.63, 3.8) is 0 Å². The number of nitriles is 3. The molecular formula is C23H24N4O2. The van der Waals surface area contributed by atoms with Gasteiger partial charge in [0, 0.05) is 11.5 Å². The molecule has 0 amide bonds. The van der Waals surface area contributed by atoms with Crippen LogP contribution in [0.3, 0.4) is 0 Å². The highest BCUT2D eigenvalue weighted by Gasteiger charge is 2.55. The van der Waals surface area contributed by atoms with Crippen LogP contribution in [0.5, 0.6) is 11.5 Å². The molecule has 6 nitrogen and oxygen atoms in total. The Labute approximate surface area is 171 Å². The molecule has 6 heteroatoms. The third kappa shape index (κ3) is 3.00. The van der Waals surface area contributed by atoms with E-state index in [1.165, 1.54) is 0 Å². The molecular weight excluding hydrogens is 364 g/mol. The van der Waals surface area contributed by atoms with Crippen molar-refractivity contribution in [3.05, 3.63) is 46.7 Å². The van der Waals surface area contributed by atoms with Crippen LogP contribution < -0.4 is 15.2 Å². The molecule has 0 radical (unpaired) electrons. The summed E-state index contributed by atoms with van der Waals surface area (Å²) in [7, 11) is 3.12. The number of allylic oxidation sites excluding steroid dienone is 4. The summed E-state index contributed by atoms with van der Waals surface area (Å²) in [5, 5.41) is 30.1. The van der Waals surface area contributed by atoms with Crippen molar-refractivity contribution in [2.24, 2.45) is 23.0 Å². The number of hydrogen-bond acceptors (Lipinski definition) is 6. The topological polar surface area (TPSA) is 116 Å². The Morgan fingerprint density at radius 2 is 1.90 bits per heavy atom. The normalized spacial score (nSPS) is 25.0. The highest BCUT2D eigenvalue weighted by molar-refractivity contribution is 5.61. The molecule has 1 aromatic carbocycles. The Kier molecular flexibility index (Phi) is 5.53. The molecule has 0 spiro atoms. The number of nitrogens with two attached hydrogens (primary N) is 1. The third-order valence-corrected chi connectivity index (χ3v) is 6.32. The standard InChI is InChI=1S/C23H24N4O2/c1-4-14-5-7-16-17(9-14)21(18-10-15(28-2)6-8-20(18)29-3)23(12-25,13-26)22(27)19(16)11-24/h6-8,10,14,17,21H,4-5,9,27H2,1-3H3/t14-,17-,21-/m1/s1. The maximum Gasteiger partial charge on any atom is 0.191 e. The van der Waals surface area contributed by atoms with Gasteiger partial charge in [0.25, 0.3) is 0 Å². The van der Waals surface area contributed by atoms with Gasteiger partial charge in [-0.25, -0.2) is 0 Å². The number of ether oxygens (including phenoxy) is 2. The van der Waals surface area contributed by atoms with Gasteiger partial charge in [0.05, 0.1) is 37.6 Å². The molecule has 2 aliphatic rings. The molecule has 3 rings (SSSR count). The number of methoxy groups -OCH3 is 2. The summed E-state index contributed by atoms with van der Waals surface area (Å²) >= 11 is 0. The summed E-state index contributed by atoms with van der Waals surface area (Å²) in [4.78, 5) is 0. The van der Waals surface area contributed by atoms with Crippen LogP contribution in [-0.4, -0.2) is 14.2 Å². The van der Waals surface area contributed by atoms with Gasteiger partial charge in [-0.05, 0) is 48.4 Å². The van der Waals surface area contributed by atoms with E-state index in [9.17, 15) is 15.8 Å². The van der Waals surface area contributed by atoms with E-state index >= 15 is 0 Å². The van der Waals surface area contributed by atoms with Gasteiger partial charge < -0.3 is 15.2 Å². The fraction of sp³-hybridized carbons (Fsp3) is 0.435. The number of rotatable bonds is 4. The first-order valence-corrected chi connectivity index (χ1v) is 9.66. The van der Waals surface area contributed by atoms with Gasteiger partial charge >= 0.3 is 0 Å². The second-order valence-corrected chi connectivity index (χ2v) is 7.53. The number of benzene rings is 1. The quantitative estimate of drug-likeness (QED) is 0.835. The van der Waals surface area contributed by atoms with E-state index < -0.39 is 11.3 Å². The lowest BCUT2D eigenvalue weighted by atomic mass is 9.55. The number of hydrogen-bond donors (Lipinski definition) is 1. The predicted molar refractivity (Wildman–Crippen MR) is 107 cm³/mol. The van der Waals surface area contributed by atoms with E-state index in [4.69, 9.17) is 15.2 Å². The van der Waals surface area contributed by atoms with Gasteiger partial charge in [-0.2, -0.15) is 15.8 Å². The molecule has 2 N–H and O–H groups in total. The van der Waals surface area contributed by atoms with Gasteiger partial charge in [0.15, 0.2) is 5.41 Å². The van der Waals surface area contributed by atoms with Gasteiger partial charge in [-0.15, -0.1) is 0 Å². The second kappa shape index (κ2) is 7.90. The molecule has 0 aromatic heterocycles. The zero-order valence-electron chi connectivity index (χ0n) is 16.9. The van der Waals surface area contributed by atoms with Gasteiger partial charge in [-0.1, -0.05) is 19.4 Å². The monoisotopic (exact) mass is 388 g/mol.